The molecule has 0 bridgehead atoms. The van der Waals surface area contributed by atoms with E-state index in [0.29, 0.717) is 6.04 Å². The Kier molecular flexibility index (Phi) is 4.22. The van der Waals surface area contributed by atoms with E-state index in [1.807, 2.05) is 18.3 Å². The molecule has 1 saturated heterocycles. The maximum Gasteiger partial charge on any atom is 0.120 e. The van der Waals surface area contributed by atoms with Crippen LogP contribution in [0.15, 0.2) is 54.7 Å². The van der Waals surface area contributed by atoms with Crippen LogP contribution in [0, 0.1) is 0 Å². The van der Waals surface area contributed by atoms with E-state index in [2.05, 4.69) is 58.4 Å². The lowest BCUT2D eigenvalue weighted by Gasteiger charge is -2.37. The van der Waals surface area contributed by atoms with E-state index in [-0.39, 0.29) is 6.10 Å². The number of H-pyrrole nitrogens is 1. The van der Waals surface area contributed by atoms with Gasteiger partial charge in [-0.05, 0) is 50.1 Å². The van der Waals surface area contributed by atoms with E-state index in [9.17, 15) is 0 Å². The quantitative estimate of drug-likeness (QED) is 0.784. The third kappa shape index (κ3) is 3.15. The number of likely N-dealkylation sites (tertiary alicyclic amines) is 1. The molecule has 1 aromatic heterocycles. The zero-order chi connectivity index (χ0) is 16.4. The molecule has 4 heteroatoms. The molecule has 124 valence electrons. The monoisotopic (exact) mass is 321 g/mol. The summed E-state index contributed by atoms with van der Waals surface area (Å²) in [6.45, 7) is 4.39. The number of hydrogen-bond donors (Lipinski definition) is 1. The van der Waals surface area contributed by atoms with Gasteiger partial charge in [-0.1, -0.05) is 30.3 Å². The maximum atomic E-state index is 6.27. The van der Waals surface area contributed by atoms with Crippen LogP contribution >= 0.6 is 0 Å². The minimum Gasteiger partial charge on any atom is -0.489 e. The smallest absolute Gasteiger partial charge is 0.120 e. The summed E-state index contributed by atoms with van der Waals surface area (Å²) >= 11 is 0. The molecule has 3 aromatic rings. The number of nitrogens with zero attached hydrogens (tertiary/aromatic N) is 2. The number of benzene rings is 2. The molecule has 2 unspecified atom stereocenters. The summed E-state index contributed by atoms with van der Waals surface area (Å²) in [5, 5.41) is 8.14. The Bertz CT molecular complexity index is 799. The van der Waals surface area contributed by atoms with Crippen LogP contribution in [-0.4, -0.2) is 34.3 Å². The van der Waals surface area contributed by atoms with Crippen molar-refractivity contribution in [2.24, 2.45) is 0 Å². The lowest BCUT2D eigenvalue weighted by atomic mass is 10.0. The summed E-state index contributed by atoms with van der Waals surface area (Å²) in [5.74, 6) is 0.933. The Morgan fingerprint density at radius 2 is 2.08 bits per heavy atom. The number of piperidine rings is 1. The van der Waals surface area contributed by atoms with Gasteiger partial charge < -0.3 is 4.74 Å². The highest BCUT2D eigenvalue weighted by Gasteiger charge is 2.25. The number of ether oxygens (including phenoxy) is 1. The topological polar surface area (TPSA) is 41.1 Å². The minimum absolute atomic E-state index is 0.245. The molecule has 0 amide bonds. The average Bonchev–Trinajstić information content (AvgIpc) is 3.10. The predicted octanol–water partition coefficient (Wildman–Crippen LogP) is 4.17. The fourth-order valence-electron chi connectivity index (χ4n) is 3.54. The Labute approximate surface area is 142 Å². The molecule has 0 aliphatic carbocycles. The largest absolute Gasteiger partial charge is 0.489 e. The second-order valence-corrected chi connectivity index (χ2v) is 6.58. The maximum absolute atomic E-state index is 6.27. The second-order valence-electron chi connectivity index (χ2n) is 6.58. The van der Waals surface area contributed by atoms with E-state index in [0.717, 1.165) is 36.2 Å². The highest BCUT2D eigenvalue weighted by molar-refractivity contribution is 5.79. The first-order chi connectivity index (χ1) is 11.8. The Morgan fingerprint density at radius 1 is 1.21 bits per heavy atom. The van der Waals surface area contributed by atoms with E-state index in [4.69, 9.17) is 4.74 Å². The summed E-state index contributed by atoms with van der Waals surface area (Å²) < 4.78 is 6.27. The van der Waals surface area contributed by atoms with Crippen molar-refractivity contribution >= 4 is 10.9 Å². The highest BCUT2D eigenvalue weighted by atomic mass is 16.5. The van der Waals surface area contributed by atoms with Crippen molar-refractivity contribution in [3.63, 3.8) is 0 Å². The molecule has 1 aliphatic rings. The third-order valence-corrected chi connectivity index (χ3v) is 4.95. The fourth-order valence-corrected chi connectivity index (χ4v) is 3.54. The molecule has 1 fully saturated rings. The van der Waals surface area contributed by atoms with Gasteiger partial charge in [-0.25, -0.2) is 0 Å². The van der Waals surface area contributed by atoms with E-state index in [1.54, 1.807) is 0 Å². The van der Waals surface area contributed by atoms with Crippen molar-refractivity contribution < 1.29 is 4.74 Å². The van der Waals surface area contributed by atoms with Crippen LogP contribution in [0.25, 0.3) is 10.9 Å². The summed E-state index contributed by atoms with van der Waals surface area (Å²) in [7, 11) is 0. The Morgan fingerprint density at radius 3 is 2.96 bits per heavy atom. The number of fused-ring (bicyclic) bond motifs is 1. The molecule has 1 aliphatic heterocycles. The predicted molar refractivity (Wildman–Crippen MR) is 96.2 cm³/mol. The first-order valence-corrected chi connectivity index (χ1v) is 8.68. The molecule has 0 radical (unpaired) electrons. The number of aromatic amines is 1. The molecular weight excluding hydrogens is 298 g/mol. The minimum atomic E-state index is 0.245. The Hall–Kier alpha value is -2.33. The highest BCUT2D eigenvalue weighted by Crippen LogP contribution is 2.27. The van der Waals surface area contributed by atoms with Crippen molar-refractivity contribution in [3.8, 4) is 5.75 Å². The molecule has 2 atom stereocenters. The van der Waals surface area contributed by atoms with Crippen LogP contribution in [0.3, 0.4) is 0 Å². The van der Waals surface area contributed by atoms with Gasteiger partial charge in [-0.2, -0.15) is 5.10 Å². The molecule has 4 nitrogen and oxygen atoms in total. The van der Waals surface area contributed by atoms with Gasteiger partial charge in [0.15, 0.2) is 0 Å². The zero-order valence-corrected chi connectivity index (χ0v) is 14.0. The number of hydrogen-bond acceptors (Lipinski definition) is 3. The summed E-state index contributed by atoms with van der Waals surface area (Å²) in [6.07, 6.45) is 4.37. The summed E-state index contributed by atoms with van der Waals surface area (Å²) in [5.41, 5.74) is 2.42. The summed E-state index contributed by atoms with van der Waals surface area (Å²) in [6, 6.07) is 17.3. The van der Waals surface area contributed by atoms with Crippen molar-refractivity contribution in [2.45, 2.75) is 31.9 Å². The molecule has 0 saturated carbocycles. The number of nitrogens with one attached hydrogen (secondary N) is 1. The van der Waals surface area contributed by atoms with Gasteiger partial charge in [0.2, 0.25) is 0 Å². The average molecular weight is 321 g/mol. The second kappa shape index (κ2) is 6.65. The zero-order valence-electron chi connectivity index (χ0n) is 14.0. The molecule has 2 aromatic carbocycles. The normalized spacial score (nSPS) is 20.1. The Balaban J connectivity index is 1.44. The van der Waals surface area contributed by atoms with Crippen LogP contribution in [0.5, 0.6) is 5.75 Å². The molecule has 1 N–H and O–H groups in total. The van der Waals surface area contributed by atoms with Crippen LogP contribution in [0.4, 0.5) is 0 Å². The van der Waals surface area contributed by atoms with Gasteiger partial charge in [0.05, 0.1) is 11.7 Å². The van der Waals surface area contributed by atoms with E-state index in [1.165, 1.54) is 12.0 Å². The first kappa shape index (κ1) is 15.2. The van der Waals surface area contributed by atoms with Gasteiger partial charge in [0.25, 0.3) is 0 Å². The molecular formula is C20H23N3O. The van der Waals surface area contributed by atoms with Crippen LogP contribution in [-0.2, 0) is 0 Å². The fraction of sp³-hybridized carbons (Fsp3) is 0.350. The lowest BCUT2D eigenvalue weighted by molar-refractivity contribution is 0.0659. The standard InChI is InChI=1S/C20H23N3O/c1-15(16-6-3-2-4-7-16)23-11-5-8-19(14-23)24-18-9-10-20-17(12-18)13-21-22-20/h2-4,6-7,9-10,12-13,15,19H,5,8,11,14H2,1H3,(H,21,22). The molecule has 4 rings (SSSR count). The van der Waals surface area contributed by atoms with Gasteiger partial charge in [-0.3, -0.25) is 10.00 Å². The van der Waals surface area contributed by atoms with Crippen molar-refractivity contribution in [3.05, 3.63) is 60.3 Å². The van der Waals surface area contributed by atoms with E-state index >= 15 is 0 Å². The summed E-state index contributed by atoms with van der Waals surface area (Å²) in [4.78, 5) is 2.53. The first-order valence-electron chi connectivity index (χ1n) is 8.68. The van der Waals surface area contributed by atoms with Gasteiger partial charge >= 0.3 is 0 Å². The van der Waals surface area contributed by atoms with E-state index < -0.39 is 0 Å². The molecule has 24 heavy (non-hydrogen) atoms. The van der Waals surface area contributed by atoms with Crippen LogP contribution < -0.4 is 4.74 Å². The van der Waals surface area contributed by atoms with Crippen molar-refractivity contribution in [2.75, 3.05) is 13.1 Å². The molecule has 2 heterocycles. The van der Waals surface area contributed by atoms with Gasteiger partial charge in [0, 0.05) is 18.0 Å². The van der Waals surface area contributed by atoms with Gasteiger partial charge in [0.1, 0.15) is 11.9 Å². The number of rotatable bonds is 4. The van der Waals surface area contributed by atoms with Crippen molar-refractivity contribution in [1.29, 1.82) is 0 Å². The third-order valence-electron chi connectivity index (χ3n) is 4.95. The SMILES string of the molecule is CC(c1ccccc1)N1CCCC(Oc2ccc3[nH]ncc3c2)C1. The number of aromatic nitrogens is 2. The van der Waals surface area contributed by atoms with Crippen LogP contribution in [0.1, 0.15) is 31.4 Å². The molecule has 0 spiro atoms. The van der Waals surface area contributed by atoms with Crippen molar-refractivity contribution in [1.82, 2.24) is 15.1 Å². The van der Waals surface area contributed by atoms with Gasteiger partial charge in [-0.15, -0.1) is 0 Å². The van der Waals surface area contributed by atoms with Crippen LogP contribution in [0.2, 0.25) is 0 Å². The lowest BCUT2D eigenvalue weighted by Crippen LogP contribution is -2.42.